The zero-order valence-corrected chi connectivity index (χ0v) is 16.0. The first kappa shape index (κ1) is 18.7. The summed E-state index contributed by atoms with van der Waals surface area (Å²) in [5, 5.41) is 2.94. The maximum atomic E-state index is 12.3. The summed E-state index contributed by atoms with van der Waals surface area (Å²) >= 11 is 0. The molecule has 0 spiro atoms. The monoisotopic (exact) mass is 383 g/mol. The van der Waals surface area contributed by atoms with Crippen molar-refractivity contribution < 1.29 is 18.8 Å². The third-order valence-corrected chi connectivity index (χ3v) is 5.66. The molecule has 0 radical (unpaired) electrons. The molecule has 1 aromatic heterocycles. The first-order chi connectivity index (χ1) is 13.7. The Hall–Kier alpha value is -2.60. The average molecular weight is 383 g/mol. The van der Waals surface area contributed by atoms with Crippen molar-refractivity contribution in [1.82, 2.24) is 5.32 Å². The van der Waals surface area contributed by atoms with E-state index in [0.717, 1.165) is 45.2 Å². The summed E-state index contributed by atoms with van der Waals surface area (Å²) in [4.78, 5) is 25.6. The van der Waals surface area contributed by atoms with Gasteiger partial charge in [-0.25, -0.2) is 0 Å². The van der Waals surface area contributed by atoms with Crippen LogP contribution in [0.3, 0.4) is 0 Å². The highest BCUT2D eigenvalue weighted by atomic mass is 16.5. The molecule has 1 fully saturated rings. The molecule has 28 heavy (non-hydrogen) atoms. The molecule has 6 nitrogen and oxygen atoms in total. The fourth-order valence-electron chi connectivity index (χ4n) is 4.16. The first-order valence-corrected chi connectivity index (χ1v) is 10.1. The smallest absolute Gasteiger partial charge is 0.258 e. The Morgan fingerprint density at radius 1 is 1.21 bits per heavy atom. The summed E-state index contributed by atoms with van der Waals surface area (Å²) < 4.78 is 11.0. The summed E-state index contributed by atoms with van der Waals surface area (Å²) in [6.07, 6.45) is 6.71. The Kier molecular flexibility index (Phi) is 5.76. The molecular formula is C22H27N2O4+. The summed E-state index contributed by atoms with van der Waals surface area (Å²) in [5.41, 5.74) is 2.53. The van der Waals surface area contributed by atoms with Crippen LogP contribution in [0.5, 0.6) is 5.75 Å². The Balaban J connectivity index is 1.30. The molecular weight excluding hydrogens is 356 g/mol. The lowest BCUT2D eigenvalue weighted by molar-refractivity contribution is -0.930. The summed E-state index contributed by atoms with van der Waals surface area (Å²) in [5.74, 6) is 0.540. The van der Waals surface area contributed by atoms with Crippen molar-refractivity contribution in [3.63, 3.8) is 0 Å². The molecule has 2 heterocycles. The second-order valence-electron chi connectivity index (χ2n) is 7.78. The fourth-order valence-corrected chi connectivity index (χ4v) is 4.16. The Morgan fingerprint density at radius 2 is 2.00 bits per heavy atom. The maximum Gasteiger partial charge on any atom is 0.258 e. The quantitative estimate of drug-likeness (QED) is 0.787. The van der Waals surface area contributed by atoms with Crippen molar-refractivity contribution >= 4 is 5.91 Å². The van der Waals surface area contributed by atoms with Gasteiger partial charge in [0.1, 0.15) is 19.4 Å². The molecule has 6 heteroatoms. The van der Waals surface area contributed by atoms with Crippen LogP contribution < -0.4 is 20.4 Å². The minimum atomic E-state index is -0.244. The largest absolute Gasteiger partial charge is 0.477 e. The van der Waals surface area contributed by atoms with Gasteiger partial charge in [0, 0.05) is 24.1 Å². The van der Waals surface area contributed by atoms with Gasteiger partial charge in [-0.15, -0.1) is 0 Å². The minimum absolute atomic E-state index is 0.0873. The molecule has 1 aromatic carbocycles. The van der Waals surface area contributed by atoms with E-state index in [9.17, 15) is 9.59 Å². The fraction of sp³-hybridized carbons (Fsp3) is 0.455. The number of carbonyl (C=O) groups is 1. The van der Waals surface area contributed by atoms with Crippen molar-refractivity contribution in [3.05, 3.63) is 63.7 Å². The zero-order chi connectivity index (χ0) is 19.3. The molecule has 1 amide bonds. The van der Waals surface area contributed by atoms with Gasteiger partial charge in [0.2, 0.25) is 11.2 Å². The Bertz CT molecular complexity index is 886. The number of benzene rings is 1. The van der Waals surface area contributed by atoms with Crippen LogP contribution >= 0.6 is 0 Å². The number of hydrogen-bond acceptors (Lipinski definition) is 4. The van der Waals surface area contributed by atoms with Crippen molar-refractivity contribution in [2.75, 3.05) is 13.2 Å². The lowest BCUT2D eigenvalue weighted by Gasteiger charge is -2.25. The van der Waals surface area contributed by atoms with E-state index < -0.39 is 0 Å². The van der Waals surface area contributed by atoms with Crippen molar-refractivity contribution in [3.8, 4) is 5.75 Å². The van der Waals surface area contributed by atoms with E-state index in [0.29, 0.717) is 12.3 Å². The highest BCUT2D eigenvalue weighted by Gasteiger charge is 2.21. The molecule has 2 aliphatic rings. The number of hydrogen-bond donors (Lipinski definition) is 2. The van der Waals surface area contributed by atoms with Gasteiger partial charge in [-0.05, 0) is 18.4 Å². The van der Waals surface area contributed by atoms with Gasteiger partial charge in [-0.3, -0.25) is 9.59 Å². The number of rotatable bonds is 6. The van der Waals surface area contributed by atoms with Gasteiger partial charge < -0.3 is 19.4 Å². The summed E-state index contributed by atoms with van der Waals surface area (Å²) in [7, 11) is 0. The standard InChI is InChI=1S/C22H26N2O4/c25-20-11-19(13-24-10-9-16-5-1-2-6-17(16)12-24)27-14-21(20)28-15-22(26)23-18-7-3-4-8-18/h1-2,5-6,11,14,18H,3-4,7-10,12-13,15H2,(H,23,26)/p+1. The molecule has 0 bridgehead atoms. The molecule has 4 rings (SSSR count). The molecule has 2 N–H and O–H groups in total. The van der Waals surface area contributed by atoms with E-state index in [1.807, 2.05) is 0 Å². The average Bonchev–Trinajstić information content (AvgIpc) is 3.20. The van der Waals surface area contributed by atoms with E-state index in [2.05, 4.69) is 29.6 Å². The van der Waals surface area contributed by atoms with Crippen LogP contribution in [0.25, 0.3) is 0 Å². The number of quaternary nitrogens is 1. The molecule has 1 aliphatic carbocycles. The zero-order valence-electron chi connectivity index (χ0n) is 16.0. The SMILES string of the molecule is O=C(COc1coc(C[NH+]2CCc3ccccc3C2)cc1=O)NC1CCCC1. The summed E-state index contributed by atoms with van der Waals surface area (Å²) in [6.45, 7) is 2.45. The predicted molar refractivity (Wildman–Crippen MR) is 104 cm³/mol. The molecule has 1 aliphatic heterocycles. The molecule has 0 saturated heterocycles. The van der Waals surface area contributed by atoms with Gasteiger partial charge in [-0.2, -0.15) is 0 Å². The first-order valence-electron chi connectivity index (χ1n) is 10.1. The van der Waals surface area contributed by atoms with Crippen molar-refractivity contribution in [2.24, 2.45) is 0 Å². The lowest BCUT2D eigenvalue weighted by atomic mass is 10.00. The van der Waals surface area contributed by atoms with Crippen molar-refractivity contribution in [2.45, 2.75) is 51.2 Å². The number of fused-ring (bicyclic) bond motifs is 1. The third kappa shape index (κ3) is 4.62. The highest BCUT2D eigenvalue weighted by molar-refractivity contribution is 5.77. The Labute approximate surface area is 164 Å². The normalized spacial score (nSPS) is 19.2. The van der Waals surface area contributed by atoms with Crippen LogP contribution in [0.2, 0.25) is 0 Å². The maximum absolute atomic E-state index is 12.3. The lowest BCUT2D eigenvalue weighted by Crippen LogP contribution is -3.10. The minimum Gasteiger partial charge on any atom is -0.477 e. The van der Waals surface area contributed by atoms with E-state index in [1.165, 1.54) is 28.4 Å². The molecule has 2 aromatic rings. The van der Waals surface area contributed by atoms with E-state index in [4.69, 9.17) is 9.15 Å². The second-order valence-corrected chi connectivity index (χ2v) is 7.78. The number of ether oxygens (including phenoxy) is 1. The van der Waals surface area contributed by atoms with Crippen LogP contribution in [0.15, 0.2) is 45.8 Å². The topological polar surface area (TPSA) is 73.0 Å². The molecule has 1 atom stereocenters. The highest BCUT2D eigenvalue weighted by Crippen LogP contribution is 2.17. The summed E-state index contributed by atoms with van der Waals surface area (Å²) in [6, 6.07) is 10.2. The second kappa shape index (κ2) is 8.61. The van der Waals surface area contributed by atoms with Crippen LogP contribution in [0.4, 0.5) is 0 Å². The van der Waals surface area contributed by atoms with E-state index >= 15 is 0 Å². The van der Waals surface area contributed by atoms with Gasteiger partial charge >= 0.3 is 0 Å². The molecule has 148 valence electrons. The number of carbonyl (C=O) groups excluding carboxylic acids is 1. The molecule has 1 saturated carbocycles. The van der Waals surface area contributed by atoms with Crippen LogP contribution in [0.1, 0.15) is 42.6 Å². The van der Waals surface area contributed by atoms with Gasteiger partial charge in [0.05, 0.1) is 6.54 Å². The van der Waals surface area contributed by atoms with Crippen molar-refractivity contribution in [1.29, 1.82) is 0 Å². The number of amides is 1. The predicted octanol–water partition coefficient (Wildman–Crippen LogP) is 1.22. The Morgan fingerprint density at radius 3 is 2.79 bits per heavy atom. The van der Waals surface area contributed by atoms with Gasteiger partial charge in [0.25, 0.3) is 5.91 Å². The van der Waals surface area contributed by atoms with E-state index in [1.54, 1.807) is 0 Å². The molecule has 1 unspecified atom stereocenters. The number of nitrogens with one attached hydrogen (secondary N) is 2. The third-order valence-electron chi connectivity index (χ3n) is 5.66. The van der Waals surface area contributed by atoms with Crippen LogP contribution in [-0.2, 0) is 24.3 Å². The van der Waals surface area contributed by atoms with Gasteiger partial charge in [-0.1, -0.05) is 37.1 Å². The van der Waals surface area contributed by atoms with E-state index in [-0.39, 0.29) is 29.7 Å². The van der Waals surface area contributed by atoms with Crippen LogP contribution in [-0.4, -0.2) is 25.1 Å². The van der Waals surface area contributed by atoms with Gasteiger partial charge in [0.15, 0.2) is 12.4 Å². The van der Waals surface area contributed by atoms with Crippen LogP contribution in [0, 0.1) is 0 Å².